The summed E-state index contributed by atoms with van der Waals surface area (Å²) < 4.78 is 5.37. The number of nitrogens with two attached hydrogens (primary N) is 1. The molecule has 0 radical (unpaired) electrons. The molecule has 0 atom stereocenters. The van der Waals surface area contributed by atoms with Crippen LogP contribution >= 0.6 is 15.9 Å². The van der Waals surface area contributed by atoms with Crippen molar-refractivity contribution in [1.29, 1.82) is 0 Å². The van der Waals surface area contributed by atoms with E-state index < -0.39 is 0 Å². The number of rotatable bonds is 6. The van der Waals surface area contributed by atoms with Gasteiger partial charge in [0.1, 0.15) is 10.4 Å². The van der Waals surface area contributed by atoms with Crippen LogP contribution in [0.2, 0.25) is 0 Å². The van der Waals surface area contributed by atoms with Crippen LogP contribution in [0.4, 0.5) is 11.8 Å². The van der Waals surface area contributed by atoms with Gasteiger partial charge in [0.2, 0.25) is 11.9 Å². The molecule has 0 saturated heterocycles. The van der Waals surface area contributed by atoms with Crippen molar-refractivity contribution in [3.05, 3.63) is 10.7 Å². The molecule has 0 saturated carbocycles. The molecule has 0 fully saturated rings. The lowest BCUT2D eigenvalue weighted by atomic mass is 10.5. The molecule has 17 heavy (non-hydrogen) atoms. The summed E-state index contributed by atoms with van der Waals surface area (Å²) >= 11 is 3.18. The maximum Gasteiger partial charge on any atom is 0.239 e. The molecule has 1 rings (SSSR count). The lowest BCUT2D eigenvalue weighted by Crippen LogP contribution is -2.32. The van der Waals surface area contributed by atoms with Gasteiger partial charge in [0.05, 0.1) is 13.2 Å². The largest absolute Gasteiger partial charge is 0.383 e. The van der Waals surface area contributed by atoms with Gasteiger partial charge in [-0.3, -0.25) is 4.79 Å². The second-order valence-corrected chi connectivity index (χ2v) is 3.95. The molecular formula is C9H14BrN5O2. The van der Waals surface area contributed by atoms with Gasteiger partial charge in [-0.05, 0) is 15.9 Å². The van der Waals surface area contributed by atoms with E-state index in [1.807, 2.05) is 0 Å². The Kier molecular flexibility index (Phi) is 5.64. The third-order valence-corrected chi connectivity index (χ3v) is 2.16. The summed E-state index contributed by atoms with van der Waals surface area (Å²) in [4.78, 5) is 19.3. The number of ether oxygens (including phenoxy) is 1. The quantitative estimate of drug-likeness (QED) is 0.505. The minimum absolute atomic E-state index is 0.0829. The highest BCUT2D eigenvalue weighted by Crippen LogP contribution is 2.11. The number of nitrogens with one attached hydrogen (secondary N) is 2. The number of aromatic nitrogens is 2. The second-order valence-electron chi connectivity index (χ2n) is 3.14. The zero-order chi connectivity index (χ0) is 12.7. The lowest BCUT2D eigenvalue weighted by molar-refractivity contribution is -0.119. The van der Waals surface area contributed by atoms with E-state index in [4.69, 9.17) is 10.5 Å². The Labute approximate surface area is 107 Å². The Hall–Kier alpha value is -1.41. The van der Waals surface area contributed by atoms with Gasteiger partial charge >= 0.3 is 0 Å². The van der Waals surface area contributed by atoms with Crippen molar-refractivity contribution in [3.63, 3.8) is 0 Å². The lowest BCUT2D eigenvalue weighted by Gasteiger charge is -2.06. The summed E-state index contributed by atoms with van der Waals surface area (Å²) in [6, 6.07) is 1.57. The topological polar surface area (TPSA) is 102 Å². The van der Waals surface area contributed by atoms with Crippen molar-refractivity contribution in [1.82, 2.24) is 15.3 Å². The molecule has 1 aromatic rings. The maximum atomic E-state index is 11.3. The molecule has 0 unspecified atom stereocenters. The van der Waals surface area contributed by atoms with Crippen LogP contribution < -0.4 is 16.4 Å². The van der Waals surface area contributed by atoms with Crippen LogP contribution in [0.25, 0.3) is 0 Å². The third kappa shape index (κ3) is 5.45. The number of halogens is 1. The van der Waals surface area contributed by atoms with Gasteiger partial charge in [-0.25, -0.2) is 4.98 Å². The summed E-state index contributed by atoms with van der Waals surface area (Å²) in [6.45, 7) is 1.03. The van der Waals surface area contributed by atoms with Crippen molar-refractivity contribution in [2.24, 2.45) is 0 Å². The van der Waals surface area contributed by atoms with Gasteiger partial charge in [-0.1, -0.05) is 0 Å². The molecule has 1 amide bonds. The molecular weight excluding hydrogens is 290 g/mol. The summed E-state index contributed by atoms with van der Waals surface area (Å²) in [5.41, 5.74) is 5.53. The van der Waals surface area contributed by atoms with Crippen molar-refractivity contribution in [2.45, 2.75) is 0 Å². The van der Waals surface area contributed by atoms with E-state index in [1.54, 1.807) is 13.2 Å². The van der Waals surface area contributed by atoms with Gasteiger partial charge in [0, 0.05) is 19.7 Å². The minimum Gasteiger partial charge on any atom is -0.383 e. The van der Waals surface area contributed by atoms with Gasteiger partial charge < -0.3 is 21.1 Å². The molecule has 0 bridgehead atoms. The molecule has 0 spiro atoms. The van der Waals surface area contributed by atoms with Crippen molar-refractivity contribution in [3.8, 4) is 0 Å². The van der Waals surface area contributed by atoms with Crippen LogP contribution in [0, 0.1) is 0 Å². The third-order valence-electron chi connectivity index (χ3n) is 1.75. The number of methoxy groups -OCH3 is 1. The monoisotopic (exact) mass is 303 g/mol. The van der Waals surface area contributed by atoms with Crippen molar-refractivity contribution < 1.29 is 9.53 Å². The number of hydrogen-bond donors (Lipinski definition) is 3. The van der Waals surface area contributed by atoms with Gasteiger partial charge in [0.25, 0.3) is 0 Å². The van der Waals surface area contributed by atoms with E-state index >= 15 is 0 Å². The number of hydrogen-bond acceptors (Lipinski definition) is 6. The number of anilines is 2. The number of nitrogen functional groups attached to an aromatic ring is 1. The molecule has 8 heteroatoms. The Morgan fingerprint density at radius 2 is 2.35 bits per heavy atom. The molecule has 0 aromatic carbocycles. The fourth-order valence-corrected chi connectivity index (χ4v) is 1.43. The van der Waals surface area contributed by atoms with Gasteiger partial charge in [-0.2, -0.15) is 4.98 Å². The second kappa shape index (κ2) is 7.02. The fraction of sp³-hybridized carbons (Fsp3) is 0.444. The molecule has 0 aliphatic heterocycles. The number of nitrogens with zero attached hydrogens (tertiary/aromatic N) is 2. The number of carbonyl (C=O) groups is 1. The Morgan fingerprint density at radius 1 is 1.59 bits per heavy atom. The van der Waals surface area contributed by atoms with E-state index in [2.05, 4.69) is 36.5 Å². The molecule has 1 aromatic heterocycles. The zero-order valence-corrected chi connectivity index (χ0v) is 11.0. The van der Waals surface area contributed by atoms with Crippen LogP contribution in [0.3, 0.4) is 0 Å². The van der Waals surface area contributed by atoms with E-state index in [0.717, 1.165) is 0 Å². The van der Waals surface area contributed by atoms with Crippen molar-refractivity contribution in [2.75, 3.05) is 37.9 Å². The molecule has 7 nitrogen and oxygen atoms in total. The Balaban J connectivity index is 2.36. The molecule has 94 valence electrons. The summed E-state index contributed by atoms with van der Waals surface area (Å²) in [5.74, 6) is 0.470. The first-order valence-electron chi connectivity index (χ1n) is 4.91. The normalized spacial score (nSPS) is 10.0. The standard InChI is InChI=1S/C9H14BrN5O2/c1-17-3-2-12-8(16)5-13-9-14-6(10)4-7(11)15-9/h4H,2-3,5H2,1H3,(H,12,16)(H3,11,13,14,15). The fourth-order valence-electron chi connectivity index (χ4n) is 1.03. The molecule has 0 aliphatic carbocycles. The highest BCUT2D eigenvalue weighted by Gasteiger charge is 2.03. The average Bonchev–Trinajstić information content (AvgIpc) is 2.25. The maximum absolute atomic E-state index is 11.3. The summed E-state index contributed by atoms with van der Waals surface area (Å²) in [5, 5.41) is 5.43. The number of carbonyl (C=O) groups excluding carboxylic acids is 1. The SMILES string of the molecule is COCCNC(=O)CNc1nc(N)cc(Br)n1. The molecule has 1 heterocycles. The highest BCUT2D eigenvalue weighted by molar-refractivity contribution is 9.10. The van der Waals surface area contributed by atoms with E-state index in [0.29, 0.717) is 29.5 Å². The predicted molar refractivity (Wildman–Crippen MR) is 67.5 cm³/mol. The molecule has 0 aliphatic rings. The molecule has 4 N–H and O–H groups in total. The van der Waals surface area contributed by atoms with E-state index in [9.17, 15) is 4.79 Å². The highest BCUT2D eigenvalue weighted by atomic mass is 79.9. The van der Waals surface area contributed by atoms with Gasteiger partial charge in [-0.15, -0.1) is 0 Å². The summed E-state index contributed by atoms with van der Waals surface area (Å²) in [6.07, 6.45) is 0. The van der Waals surface area contributed by atoms with Crippen LogP contribution in [0.1, 0.15) is 0 Å². The Morgan fingerprint density at radius 3 is 3.00 bits per heavy atom. The van der Waals surface area contributed by atoms with Crippen LogP contribution in [0.5, 0.6) is 0 Å². The van der Waals surface area contributed by atoms with Gasteiger partial charge in [0.15, 0.2) is 0 Å². The first-order valence-corrected chi connectivity index (χ1v) is 5.70. The van der Waals surface area contributed by atoms with Crippen LogP contribution in [-0.4, -0.2) is 42.7 Å². The van der Waals surface area contributed by atoms with Crippen LogP contribution in [-0.2, 0) is 9.53 Å². The predicted octanol–water partition coefficient (Wildman–Crippen LogP) is -0.00420. The number of amides is 1. The van der Waals surface area contributed by atoms with Crippen LogP contribution in [0.15, 0.2) is 10.7 Å². The Bertz CT molecular complexity index is 367. The zero-order valence-electron chi connectivity index (χ0n) is 9.36. The summed E-state index contributed by atoms with van der Waals surface area (Å²) in [7, 11) is 1.57. The average molecular weight is 304 g/mol. The first kappa shape index (κ1) is 13.7. The smallest absolute Gasteiger partial charge is 0.239 e. The van der Waals surface area contributed by atoms with E-state index in [-0.39, 0.29) is 12.5 Å². The van der Waals surface area contributed by atoms with Crippen molar-refractivity contribution >= 4 is 33.6 Å². The van der Waals surface area contributed by atoms with E-state index in [1.165, 1.54) is 0 Å². The first-order chi connectivity index (χ1) is 8.11. The minimum atomic E-state index is -0.163.